The van der Waals surface area contributed by atoms with Crippen LogP contribution in [0, 0.1) is 23.7 Å². The van der Waals surface area contributed by atoms with Crippen LogP contribution in [0.2, 0.25) is 0 Å². The second-order valence-electron chi connectivity index (χ2n) is 8.47. The predicted molar refractivity (Wildman–Crippen MR) is 109 cm³/mol. The number of carboxylic acids is 4. The van der Waals surface area contributed by atoms with E-state index in [0.717, 1.165) is 38.5 Å². The number of hydrogen-bond acceptors (Lipinski definition) is 4. The van der Waals surface area contributed by atoms with Crippen molar-refractivity contribution >= 4 is 23.9 Å². The van der Waals surface area contributed by atoms with Gasteiger partial charge in [-0.3, -0.25) is 19.2 Å². The van der Waals surface area contributed by atoms with E-state index in [0.29, 0.717) is 51.4 Å². The summed E-state index contributed by atoms with van der Waals surface area (Å²) in [6, 6.07) is 0. The van der Waals surface area contributed by atoms with Gasteiger partial charge in [-0.25, -0.2) is 0 Å². The van der Waals surface area contributed by atoms with Crippen molar-refractivity contribution in [3.63, 3.8) is 0 Å². The van der Waals surface area contributed by atoms with Crippen molar-refractivity contribution < 1.29 is 39.6 Å². The van der Waals surface area contributed by atoms with E-state index in [4.69, 9.17) is 0 Å². The third-order valence-electron chi connectivity index (χ3n) is 6.30. The molecule has 0 saturated heterocycles. The van der Waals surface area contributed by atoms with E-state index in [1.165, 1.54) is 0 Å². The van der Waals surface area contributed by atoms with E-state index in [9.17, 15) is 39.6 Å². The molecule has 172 valence electrons. The first-order chi connectivity index (χ1) is 14.3. The van der Waals surface area contributed by atoms with E-state index >= 15 is 0 Å². The van der Waals surface area contributed by atoms with Gasteiger partial charge in [0.1, 0.15) is 0 Å². The molecule has 0 radical (unpaired) electrons. The Balaban J connectivity index is 2.77. The molecule has 0 aromatic heterocycles. The van der Waals surface area contributed by atoms with Gasteiger partial charge in [0.25, 0.3) is 0 Å². The Morgan fingerprint density at radius 3 is 0.700 bits per heavy atom. The Morgan fingerprint density at radius 2 is 0.533 bits per heavy atom. The van der Waals surface area contributed by atoms with Crippen molar-refractivity contribution in [1.82, 2.24) is 0 Å². The number of aliphatic carboxylic acids is 4. The summed E-state index contributed by atoms with van der Waals surface area (Å²) in [5.74, 6) is -7.74. The molecule has 4 N–H and O–H groups in total. The molecule has 1 rings (SSSR count). The SMILES string of the molecule is O=C(O)C1CCCCCCCC(C(=O)O)C(C(=O)O)CCCCCCCC1C(=O)O. The molecule has 0 aromatic carbocycles. The Morgan fingerprint density at radius 1 is 0.367 bits per heavy atom. The molecule has 0 amide bonds. The first kappa shape index (κ1) is 25.9. The summed E-state index contributed by atoms with van der Waals surface area (Å²) in [6.07, 6.45) is 8.30. The van der Waals surface area contributed by atoms with Crippen LogP contribution in [-0.4, -0.2) is 44.3 Å². The smallest absolute Gasteiger partial charge is 0.307 e. The lowest BCUT2D eigenvalue weighted by atomic mass is 9.82. The average Bonchev–Trinajstić information content (AvgIpc) is 2.66. The number of rotatable bonds is 4. The van der Waals surface area contributed by atoms with E-state index in [1.54, 1.807) is 0 Å². The fourth-order valence-corrected chi connectivity index (χ4v) is 4.50. The molecular formula is C22H36O8. The van der Waals surface area contributed by atoms with Crippen LogP contribution in [0.15, 0.2) is 0 Å². The second-order valence-corrected chi connectivity index (χ2v) is 8.47. The van der Waals surface area contributed by atoms with Crippen molar-refractivity contribution in [3.05, 3.63) is 0 Å². The van der Waals surface area contributed by atoms with Crippen molar-refractivity contribution in [1.29, 1.82) is 0 Å². The molecule has 0 aliphatic heterocycles. The molecule has 8 nitrogen and oxygen atoms in total. The van der Waals surface area contributed by atoms with Gasteiger partial charge in [0, 0.05) is 0 Å². The molecule has 0 bridgehead atoms. The lowest BCUT2D eigenvalue weighted by Gasteiger charge is -2.21. The highest BCUT2D eigenvalue weighted by Gasteiger charge is 2.34. The maximum atomic E-state index is 11.6. The van der Waals surface area contributed by atoms with Gasteiger partial charge in [0.15, 0.2) is 0 Å². The van der Waals surface area contributed by atoms with Gasteiger partial charge < -0.3 is 20.4 Å². The van der Waals surface area contributed by atoms with Gasteiger partial charge >= 0.3 is 23.9 Å². The Bertz CT molecular complexity index is 475. The van der Waals surface area contributed by atoms with Crippen LogP contribution in [0.1, 0.15) is 89.9 Å². The first-order valence-electron chi connectivity index (χ1n) is 11.2. The Hall–Kier alpha value is -2.12. The zero-order valence-corrected chi connectivity index (χ0v) is 17.6. The van der Waals surface area contributed by atoms with Crippen molar-refractivity contribution in [2.24, 2.45) is 23.7 Å². The maximum absolute atomic E-state index is 11.6. The summed E-state index contributed by atoms with van der Waals surface area (Å²) in [6.45, 7) is 0. The summed E-state index contributed by atoms with van der Waals surface area (Å²) in [4.78, 5) is 46.4. The van der Waals surface area contributed by atoms with E-state index in [1.807, 2.05) is 0 Å². The van der Waals surface area contributed by atoms with Gasteiger partial charge in [-0.15, -0.1) is 0 Å². The number of carbonyl (C=O) groups is 4. The molecule has 0 heterocycles. The summed E-state index contributed by atoms with van der Waals surface area (Å²) >= 11 is 0. The van der Waals surface area contributed by atoms with Gasteiger partial charge in [-0.2, -0.15) is 0 Å². The third-order valence-corrected chi connectivity index (χ3v) is 6.30. The molecule has 30 heavy (non-hydrogen) atoms. The van der Waals surface area contributed by atoms with Crippen molar-refractivity contribution in [3.8, 4) is 0 Å². The quantitative estimate of drug-likeness (QED) is 0.519. The average molecular weight is 429 g/mol. The molecule has 0 aromatic rings. The Labute approximate surface area is 177 Å². The predicted octanol–water partition coefficient (Wildman–Crippen LogP) is 4.26. The van der Waals surface area contributed by atoms with Crippen molar-refractivity contribution in [2.45, 2.75) is 89.9 Å². The van der Waals surface area contributed by atoms with E-state index < -0.39 is 47.5 Å². The van der Waals surface area contributed by atoms with Crippen LogP contribution in [0.3, 0.4) is 0 Å². The highest BCUT2D eigenvalue weighted by molar-refractivity contribution is 5.80. The number of carboxylic acid groups (broad SMARTS) is 4. The minimum atomic E-state index is -1.05. The largest absolute Gasteiger partial charge is 0.481 e. The molecule has 1 fully saturated rings. The molecule has 1 aliphatic rings. The highest BCUT2D eigenvalue weighted by atomic mass is 16.4. The topological polar surface area (TPSA) is 149 Å². The van der Waals surface area contributed by atoms with E-state index in [-0.39, 0.29) is 0 Å². The first-order valence-corrected chi connectivity index (χ1v) is 11.2. The van der Waals surface area contributed by atoms with E-state index in [2.05, 4.69) is 0 Å². The minimum Gasteiger partial charge on any atom is -0.481 e. The van der Waals surface area contributed by atoms with Crippen LogP contribution >= 0.6 is 0 Å². The van der Waals surface area contributed by atoms with Crippen LogP contribution in [0.5, 0.6) is 0 Å². The molecule has 8 heteroatoms. The van der Waals surface area contributed by atoms with Gasteiger partial charge in [0.2, 0.25) is 0 Å². The van der Waals surface area contributed by atoms with Crippen molar-refractivity contribution in [2.75, 3.05) is 0 Å². The molecule has 1 saturated carbocycles. The molecule has 4 atom stereocenters. The summed E-state index contributed by atoms with van der Waals surface area (Å²) in [7, 11) is 0. The van der Waals surface area contributed by atoms with Crippen LogP contribution in [0.4, 0.5) is 0 Å². The standard InChI is InChI=1S/C22H36O8/c23-19(24)15-11-7-3-1-4-8-12-16(20(25)26)18(22(29)30)14-10-6-2-5-9-13-17(15)21(27)28/h15-18H,1-14H2,(H,23,24)(H,25,26)(H,27,28)(H,29,30). The normalized spacial score (nSPS) is 28.5. The third kappa shape index (κ3) is 9.13. The lowest BCUT2D eigenvalue weighted by molar-refractivity contribution is -0.154. The second kappa shape index (κ2) is 14.0. The monoisotopic (exact) mass is 428 g/mol. The molecule has 0 spiro atoms. The van der Waals surface area contributed by atoms with Gasteiger partial charge in [-0.1, -0.05) is 64.2 Å². The molecule has 1 aliphatic carbocycles. The highest BCUT2D eigenvalue weighted by Crippen LogP contribution is 2.29. The lowest BCUT2D eigenvalue weighted by Crippen LogP contribution is -2.30. The van der Waals surface area contributed by atoms with Crippen LogP contribution < -0.4 is 0 Å². The summed E-state index contributed by atoms with van der Waals surface area (Å²) in [5, 5.41) is 38.0. The zero-order chi connectivity index (χ0) is 22.5. The molecule has 4 unspecified atom stereocenters. The molecular weight excluding hydrogens is 392 g/mol. The number of hydrogen-bond donors (Lipinski definition) is 4. The zero-order valence-electron chi connectivity index (χ0n) is 17.6. The Kier molecular flexibility index (Phi) is 12.1. The van der Waals surface area contributed by atoms with Gasteiger partial charge in [-0.05, 0) is 25.7 Å². The summed E-state index contributed by atoms with van der Waals surface area (Å²) < 4.78 is 0. The fourth-order valence-electron chi connectivity index (χ4n) is 4.50. The van der Waals surface area contributed by atoms with Crippen LogP contribution in [0.25, 0.3) is 0 Å². The maximum Gasteiger partial charge on any atom is 0.307 e. The minimum absolute atomic E-state index is 0.325. The fraction of sp³-hybridized carbons (Fsp3) is 0.818. The summed E-state index contributed by atoms with van der Waals surface area (Å²) in [5.41, 5.74) is 0. The van der Waals surface area contributed by atoms with Crippen LogP contribution in [-0.2, 0) is 19.2 Å². The van der Waals surface area contributed by atoms with Gasteiger partial charge in [0.05, 0.1) is 23.7 Å².